The molecule has 1 N–H and O–H groups in total. The predicted octanol–water partition coefficient (Wildman–Crippen LogP) is 4.57. The minimum atomic E-state index is -0.595. The Morgan fingerprint density at radius 2 is 2.05 bits per heavy atom. The van der Waals surface area contributed by atoms with Gasteiger partial charge in [0.2, 0.25) is 0 Å². The summed E-state index contributed by atoms with van der Waals surface area (Å²) in [5.74, 6) is -0.342. The molecular formula is C14H10BrClN2O3. The maximum Gasteiger partial charge on any atom is 0.289 e. The first kappa shape index (κ1) is 15.5. The van der Waals surface area contributed by atoms with Gasteiger partial charge in [-0.3, -0.25) is 14.9 Å². The van der Waals surface area contributed by atoms with Gasteiger partial charge in [0.1, 0.15) is 5.02 Å². The Kier molecular flexibility index (Phi) is 4.59. The first-order chi connectivity index (χ1) is 9.90. The number of anilines is 1. The van der Waals surface area contributed by atoms with E-state index in [2.05, 4.69) is 21.2 Å². The van der Waals surface area contributed by atoms with Gasteiger partial charge in [-0.05, 0) is 36.8 Å². The van der Waals surface area contributed by atoms with Gasteiger partial charge in [-0.15, -0.1) is 0 Å². The lowest BCUT2D eigenvalue weighted by Crippen LogP contribution is -2.13. The minimum Gasteiger partial charge on any atom is -0.322 e. The molecular weight excluding hydrogens is 360 g/mol. The summed E-state index contributed by atoms with van der Waals surface area (Å²) in [6.45, 7) is 1.81. The van der Waals surface area contributed by atoms with E-state index >= 15 is 0 Å². The Hall–Kier alpha value is -1.92. The van der Waals surface area contributed by atoms with Crippen LogP contribution in [0.25, 0.3) is 0 Å². The van der Waals surface area contributed by atoms with E-state index in [0.29, 0.717) is 11.3 Å². The van der Waals surface area contributed by atoms with Gasteiger partial charge >= 0.3 is 0 Å². The van der Waals surface area contributed by atoms with Crippen LogP contribution in [-0.2, 0) is 0 Å². The van der Waals surface area contributed by atoms with E-state index in [-0.39, 0.29) is 16.6 Å². The SMILES string of the molecule is Cc1c(Br)cccc1C(=O)Nc1ccc(Cl)c([N+](=O)[O-])c1. The summed E-state index contributed by atoms with van der Waals surface area (Å²) in [6, 6.07) is 9.38. The molecule has 2 aromatic carbocycles. The Labute approximate surface area is 134 Å². The summed E-state index contributed by atoms with van der Waals surface area (Å²) >= 11 is 9.08. The van der Waals surface area contributed by atoms with Gasteiger partial charge in [-0.25, -0.2) is 0 Å². The fourth-order valence-electron chi connectivity index (χ4n) is 1.78. The molecule has 7 heteroatoms. The molecule has 2 aromatic rings. The molecule has 0 aliphatic rings. The van der Waals surface area contributed by atoms with Gasteiger partial charge < -0.3 is 5.32 Å². The van der Waals surface area contributed by atoms with E-state index in [9.17, 15) is 14.9 Å². The van der Waals surface area contributed by atoms with Crippen LogP contribution < -0.4 is 5.32 Å². The second kappa shape index (κ2) is 6.24. The zero-order valence-corrected chi connectivity index (χ0v) is 13.2. The van der Waals surface area contributed by atoms with E-state index in [0.717, 1.165) is 10.0 Å². The molecule has 0 atom stereocenters. The van der Waals surface area contributed by atoms with Crippen LogP contribution in [-0.4, -0.2) is 10.8 Å². The van der Waals surface area contributed by atoms with Crippen molar-refractivity contribution in [1.29, 1.82) is 0 Å². The summed E-state index contributed by atoms with van der Waals surface area (Å²) < 4.78 is 0.817. The van der Waals surface area contributed by atoms with Gasteiger partial charge in [-0.1, -0.05) is 33.6 Å². The maximum absolute atomic E-state index is 12.2. The first-order valence-corrected chi connectivity index (χ1v) is 7.07. The van der Waals surface area contributed by atoms with Crippen LogP contribution in [0.4, 0.5) is 11.4 Å². The average molecular weight is 370 g/mol. The number of hydrogen-bond acceptors (Lipinski definition) is 3. The molecule has 0 saturated heterocycles. The van der Waals surface area contributed by atoms with Crippen molar-refractivity contribution < 1.29 is 9.72 Å². The number of nitrogens with one attached hydrogen (secondary N) is 1. The zero-order valence-electron chi connectivity index (χ0n) is 10.9. The zero-order chi connectivity index (χ0) is 15.6. The van der Waals surface area contributed by atoms with Gasteiger partial charge in [-0.2, -0.15) is 0 Å². The van der Waals surface area contributed by atoms with Crippen molar-refractivity contribution in [3.8, 4) is 0 Å². The van der Waals surface area contributed by atoms with Crippen LogP contribution >= 0.6 is 27.5 Å². The molecule has 0 aliphatic heterocycles. The Morgan fingerprint density at radius 1 is 1.33 bits per heavy atom. The van der Waals surface area contributed by atoms with Crippen LogP contribution in [0.5, 0.6) is 0 Å². The largest absolute Gasteiger partial charge is 0.322 e. The number of amides is 1. The van der Waals surface area contributed by atoms with Crippen LogP contribution in [0.15, 0.2) is 40.9 Å². The van der Waals surface area contributed by atoms with E-state index in [4.69, 9.17) is 11.6 Å². The third kappa shape index (κ3) is 3.40. The van der Waals surface area contributed by atoms with Gasteiger partial charge in [0.25, 0.3) is 11.6 Å². The lowest BCUT2D eigenvalue weighted by Gasteiger charge is -2.09. The molecule has 0 bridgehead atoms. The summed E-state index contributed by atoms with van der Waals surface area (Å²) in [5.41, 5.74) is 1.34. The first-order valence-electron chi connectivity index (χ1n) is 5.90. The molecule has 0 aliphatic carbocycles. The number of nitrogens with zero attached hydrogens (tertiary/aromatic N) is 1. The fourth-order valence-corrected chi connectivity index (χ4v) is 2.33. The number of carbonyl (C=O) groups excluding carboxylic acids is 1. The minimum absolute atomic E-state index is 0.0247. The Bertz CT molecular complexity index is 734. The van der Waals surface area contributed by atoms with Crippen molar-refractivity contribution >= 4 is 44.8 Å². The van der Waals surface area contributed by atoms with Gasteiger partial charge in [0.05, 0.1) is 4.92 Å². The highest BCUT2D eigenvalue weighted by molar-refractivity contribution is 9.10. The Balaban J connectivity index is 2.30. The maximum atomic E-state index is 12.2. The average Bonchev–Trinajstić information content (AvgIpc) is 2.43. The van der Waals surface area contributed by atoms with E-state index in [1.165, 1.54) is 18.2 Å². The van der Waals surface area contributed by atoms with Crippen molar-refractivity contribution in [3.05, 3.63) is 67.1 Å². The van der Waals surface area contributed by atoms with Gasteiger partial charge in [0, 0.05) is 21.8 Å². The molecule has 2 rings (SSSR count). The highest BCUT2D eigenvalue weighted by atomic mass is 79.9. The molecule has 5 nitrogen and oxygen atoms in total. The number of hydrogen-bond donors (Lipinski definition) is 1. The standard InChI is InChI=1S/C14H10BrClN2O3/c1-8-10(3-2-4-11(8)15)14(19)17-9-5-6-12(16)13(7-9)18(20)21/h2-7H,1H3,(H,17,19). The van der Waals surface area contributed by atoms with Crippen LogP contribution in [0.2, 0.25) is 5.02 Å². The van der Waals surface area contributed by atoms with E-state index in [1.54, 1.807) is 12.1 Å². The second-order valence-electron chi connectivity index (χ2n) is 4.29. The lowest BCUT2D eigenvalue weighted by atomic mass is 10.1. The van der Waals surface area contributed by atoms with Gasteiger partial charge in [0.15, 0.2) is 0 Å². The molecule has 0 unspecified atom stereocenters. The van der Waals surface area contributed by atoms with Crippen molar-refractivity contribution in [2.45, 2.75) is 6.92 Å². The molecule has 0 radical (unpaired) electrons. The molecule has 1 amide bonds. The fraction of sp³-hybridized carbons (Fsp3) is 0.0714. The van der Waals surface area contributed by atoms with Crippen molar-refractivity contribution in [2.75, 3.05) is 5.32 Å². The quantitative estimate of drug-likeness (QED) is 0.636. The number of benzene rings is 2. The van der Waals surface area contributed by atoms with Crippen LogP contribution in [0.1, 0.15) is 15.9 Å². The van der Waals surface area contributed by atoms with E-state index in [1.807, 2.05) is 13.0 Å². The van der Waals surface area contributed by atoms with Crippen molar-refractivity contribution in [2.24, 2.45) is 0 Å². The second-order valence-corrected chi connectivity index (χ2v) is 5.55. The van der Waals surface area contributed by atoms with E-state index < -0.39 is 4.92 Å². The third-order valence-corrected chi connectivity index (χ3v) is 4.09. The monoisotopic (exact) mass is 368 g/mol. The molecule has 0 saturated carbocycles. The number of nitro groups is 1. The predicted molar refractivity (Wildman–Crippen MR) is 84.9 cm³/mol. The van der Waals surface area contributed by atoms with Crippen LogP contribution in [0.3, 0.4) is 0 Å². The number of rotatable bonds is 3. The summed E-state index contributed by atoms with van der Waals surface area (Å²) in [6.07, 6.45) is 0. The molecule has 0 aromatic heterocycles. The number of carbonyl (C=O) groups is 1. The highest BCUT2D eigenvalue weighted by Crippen LogP contribution is 2.28. The number of nitro benzene ring substituents is 1. The normalized spacial score (nSPS) is 10.2. The summed E-state index contributed by atoms with van der Waals surface area (Å²) in [7, 11) is 0. The van der Waals surface area contributed by atoms with Crippen LogP contribution in [0, 0.1) is 17.0 Å². The topological polar surface area (TPSA) is 72.2 Å². The Morgan fingerprint density at radius 3 is 2.71 bits per heavy atom. The molecule has 0 heterocycles. The molecule has 0 spiro atoms. The molecule has 108 valence electrons. The highest BCUT2D eigenvalue weighted by Gasteiger charge is 2.15. The third-order valence-electron chi connectivity index (χ3n) is 2.91. The van der Waals surface area contributed by atoms with Crippen molar-refractivity contribution in [3.63, 3.8) is 0 Å². The summed E-state index contributed by atoms with van der Waals surface area (Å²) in [4.78, 5) is 22.5. The van der Waals surface area contributed by atoms with Crippen molar-refractivity contribution in [1.82, 2.24) is 0 Å². The number of halogens is 2. The molecule has 0 fully saturated rings. The smallest absolute Gasteiger partial charge is 0.289 e. The molecule has 21 heavy (non-hydrogen) atoms. The lowest BCUT2D eigenvalue weighted by molar-refractivity contribution is -0.384. The summed E-state index contributed by atoms with van der Waals surface area (Å²) in [5, 5.41) is 13.5.